The van der Waals surface area contributed by atoms with E-state index in [4.69, 9.17) is 0 Å². The molecular weight excluding hydrogens is 234 g/mol. The van der Waals surface area contributed by atoms with Gasteiger partial charge in [-0.15, -0.1) is 0 Å². The van der Waals surface area contributed by atoms with Gasteiger partial charge in [0.1, 0.15) is 0 Å². The lowest BCUT2D eigenvalue weighted by Gasteiger charge is -2.05. The highest BCUT2D eigenvalue weighted by Crippen LogP contribution is 2.14. The molecule has 2 aromatic carbocycles. The summed E-state index contributed by atoms with van der Waals surface area (Å²) in [5, 5.41) is 1.24. The molecule has 0 saturated heterocycles. The molecule has 3 heteroatoms. The molecule has 0 fully saturated rings. The summed E-state index contributed by atoms with van der Waals surface area (Å²) in [7, 11) is 0. The number of hydrazine groups is 1. The maximum atomic E-state index is 3.10. The SMILES string of the molecule is C(=C\n1ccc2ccccc21)/NNc1ccccc1. The average Bonchev–Trinajstić information content (AvgIpc) is 2.88. The van der Waals surface area contributed by atoms with Crippen LogP contribution in [-0.2, 0) is 0 Å². The van der Waals surface area contributed by atoms with Gasteiger partial charge >= 0.3 is 0 Å². The molecule has 19 heavy (non-hydrogen) atoms. The Labute approximate surface area is 112 Å². The van der Waals surface area contributed by atoms with Gasteiger partial charge in [0.05, 0.1) is 11.2 Å². The van der Waals surface area contributed by atoms with Crippen LogP contribution in [-0.4, -0.2) is 4.57 Å². The van der Waals surface area contributed by atoms with Crippen molar-refractivity contribution in [3.8, 4) is 0 Å². The third kappa shape index (κ3) is 2.60. The molecule has 0 saturated carbocycles. The van der Waals surface area contributed by atoms with Crippen molar-refractivity contribution in [2.45, 2.75) is 0 Å². The number of benzene rings is 2. The molecule has 0 aliphatic heterocycles. The highest BCUT2D eigenvalue weighted by Gasteiger charge is 1.95. The largest absolute Gasteiger partial charge is 0.322 e. The van der Waals surface area contributed by atoms with Crippen LogP contribution >= 0.6 is 0 Å². The van der Waals surface area contributed by atoms with Crippen LogP contribution in [0.1, 0.15) is 0 Å². The summed E-state index contributed by atoms with van der Waals surface area (Å²) < 4.78 is 2.08. The van der Waals surface area contributed by atoms with E-state index in [2.05, 4.69) is 33.6 Å². The second kappa shape index (κ2) is 5.31. The van der Waals surface area contributed by atoms with Gasteiger partial charge in [0.15, 0.2) is 0 Å². The van der Waals surface area contributed by atoms with Gasteiger partial charge in [-0.1, -0.05) is 36.4 Å². The first-order chi connectivity index (χ1) is 9.43. The molecule has 94 valence electrons. The van der Waals surface area contributed by atoms with Crippen molar-refractivity contribution in [1.29, 1.82) is 0 Å². The van der Waals surface area contributed by atoms with Crippen LogP contribution in [0.5, 0.6) is 0 Å². The summed E-state index contributed by atoms with van der Waals surface area (Å²) in [5.41, 5.74) is 8.38. The summed E-state index contributed by atoms with van der Waals surface area (Å²) in [6.45, 7) is 0. The summed E-state index contributed by atoms with van der Waals surface area (Å²) in [6.07, 6.45) is 5.91. The minimum Gasteiger partial charge on any atom is -0.322 e. The van der Waals surface area contributed by atoms with Gasteiger partial charge in [-0.3, -0.25) is 0 Å². The normalized spacial score (nSPS) is 10.9. The second-order valence-electron chi connectivity index (χ2n) is 4.23. The van der Waals surface area contributed by atoms with Crippen LogP contribution < -0.4 is 10.9 Å². The number of rotatable bonds is 4. The molecule has 0 spiro atoms. The maximum absolute atomic E-state index is 3.10. The summed E-state index contributed by atoms with van der Waals surface area (Å²) in [6, 6.07) is 20.4. The molecule has 3 aromatic rings. The van der Waals surface area contributed by atoms with E-state index in [1.807, 2.05) is 61.1 Å². The molecule has 0 aliphatic rings. The number of hydrogen-bond acceptors (Lipinski definition) is 2. The van der Waals surface area contributed by atoms with Crippen LogP contribution in [0.25, 0.3) is 17.1 Å². The van der Waals surface area contributed by atoms with Crippen molar-refractivity contribution in [3.05, 3.63) is 73.1 Å². The van der Waals surface area contributed by atoms with E-state index < -0.39 is 0 Å². The fourth-order valence-electron chi connectivity index (χ4n) is 2.00. The fourth-order valence-corrected chi connectivity index (χ4v) is 2.00. The topological polar surface area (TPSA) is 29.0 Å². The predicted molar refractivity (Wildman–Crippen MR) is 80.5 cm³/mol. The van der Waals surface area contributed by atoms with Crippen molar-refractivity contribution < 1.29 is 0 Å². The molecule has 2 N–H and O–H groups in total. The van der Waals surface area contributed by atoms with E-state index in [1.165, 1.54) is 10.9 Å². The number of hydrogen-bond donors (Lipinski definition) is 2. The zero-order valence-electron chi connectivity index (χ0n) is 10.5. The minimum absolute atomic E-state index is 1.03. The van der Waals surface area contributed by atoms with Crippen molar-refractivity contribution in [2.75, 3.05) is 5.43 Å². The Hall–Kier alpha value is -2.68. The number of fused-ring (bicyclic) bond motifs is 1. The summed E-state index contributed by atoms with van der Waals surface area (Å²) in [4.78, 5) is 0. The Balaban J connectivity index is 1.67. The molecule has 0 amide bonds. The Kier molecular flexibility index (Phi) is 3.19. The van der Waals surface area contributed by atoms with Crippen LogP contribution in [0.3, 0.4) is 0 Å². The van der Waals surface area contributed by atoms with Gasteiger partial charge in [-0.05, 0) is 29.7 Å². The quantitative estimate of drug-likeness (QED) is 0.690. The number of aromatic nitrogens is 1. The molecule has 0 unspecified atom stereocenters. The second-order valence-corrected chi connectivity index (χ2v) is 4.23. The highest BCUT2D eigenvalue weighted by atomic mass is 15.3. The highest BCUT2D eigenvalue weighted by molar-refractivity contribution is 5.81. The van der Waals surface area contributed by atoms with Crippen molar-refractivity contribution in [3.63, 3.8) is 0 Å². The lowest BCUT2D eigenvalue weighted by Crippen LogP contribution is -2.14. The molecule has 0 radical (unpaired) electrons. The van der Waals surface area contributed by atoms with Crippen LogP contribution in [0.4, 0.5) is 5.69 Å². The molecular formula is C16H15N3. The van der Waals surface area contributed by atoms with Crippen molar-refractivity contribution in [1.82, 2.24) is 9.99 Å². The summed E-state index contributed by atoms with van der Waals surface area (Å²) in [5.74, 6) is 0. The molecule has 3 nitrogen and oxygen atoms in total. The first-order valence-corrected chi connectivity index (χ1v) is 6.22. The van der Waals surface area contributed by atoms with Crippen molar-refractivity contribution in [2.24, 2.45) is 0 Å². The van der Waals surface area contributed by atoms with Gasteiger partial charge in [-0.25, -0.2) is 0 Å². The first kappa shape index (κ1) is 11.4. The molecule has 1 aromatic heterocycles. The Morgan fingerprint density at radius 1 is 0.842 bits per heavy atom. The number of nitrogens with one attached hydrogen (secondary N) is 2. The van der Waals surface area contributed by atoms with E-state index in [0.29, 0.717) is 0 Å². The zero-order valence-corrected chi connectivity index (χ0v) is 10.5. The Bertz CT molecular complexity index is 683. The average molecular weight is 249 g/mol. The fraction of sp³-hybridized carbons (Fsp3) is 0. The molecule has 3 rings (SSSR count). The maximum Gasteiger partial charge on any atom is 0.0539 e. The number of nitrogens with zero attached hydrogens (tertiary/aromatic N) is 1. The van der Waals surface area contributed by atoms with Gasteiger partial charge in [0, 0.05) is 18.6 Å². The van der Waals surface area contributed by atoms with Gasteiger partial charge in [-0.2, -0.15) is 0 Å². The predicted octanol–water partition coefficient (Wildman–Crippen LogP) is 3.69. The monoisotopic (exact) mass is 249 g/mol. The van der Waals surface area contributed by atoms with Crippen LogP contribution in [0.2, 0.25) is 0 Å². The Morgan fingerprint density at radius 3 is 2.53 bits per heavy atom. The molecule has 0 bridgehead atoms. The first-order valence-electron chi connectivity index (χ1n) is 6.22. The van der Waals surface area contributed by atoms with E-state index in [1.54, 1.807) is 0 Å². The van der Waals surface area contributed by atoms with E-state index in [9.17, 15) is 0 Å². The zero-order chi connectivity index (χ0) is 12.9. The van der Waals surface area contributed by atoms with Crippen molar-refractivity contribution >= 4 is 22.8 Å². The van der Waals surface area contributed by atoms with E-state index >= 15 is 0 Å². The Morgan fingerprint density at radius 2 is 1.63 bits per heavy atom. The standard InChI is InChI=1S/C16H15N3/c1-2-7-15(8-3-1)18-17-11-13-19-12-10-14-6-4-5-9-16(14)19/h1-13,17-18H/b13-11+. The molecule has 1 heterocycles. The number of para-hydroxylation sites is 2. The number of anilines is 1. The van der Waals surface area contributed by atoms with Gasteiger partial charge in [0.25, 0.3) is 0 Å². The minimum atomic E-state index is 1.03. The molecule has 0 aliphatic carbocycles. The third-order valence-electron chi connectivity index (χ3n) is 2.94. The lowest BCUT2D eigenvalue weighted by atomic mass is 10.2. The smallest absolute Gasteiger partial charge is 0.0539 e. The van der Waals surface area contributed by atoms with E-state index in [0.717, 1.165) is 5.69 Å². The van der Waals surface area contributed by atoms with Crippen LogP contribution in [0.15, 0.2) is 73.1 Å². The van der Waals surface area contributed by atoms with Gasteiger partial charge < -0.3 is 15.4 Å². The van der Waals surface area contributed by atoms with E-state index in [-0.39, 0.29) is 0 Å². The molecule has 0 atom stereocenters. The third-order valence-corrected chi connectivity index (χ3v) is 2.94. The lowest BCUT2D eigenvalue weighted by molar-refractivity contribution is 1.05. The van der Waals surface area contributed by atoms with Crippen LogP contribution in [0, 0.1) is 0 Å². The summed E-state index contributed by atoms with van der Waals surface area (Å²) >= 11 is 0. The van der Waals surface area contributed by atoms with Gasteiger partial charge in [0.2, 0.25) is 0 Å².